The molecule has 1 aromatic carbocycles. The Labute approximate surface area is 97.6 Å². The van der Waals surface area contributed by atoms with Gasteiger partial charge in [-0.3, -0.25) is 4.90 Å². The molecule has 0 radical (unpaired) electrons. The van der Waals surface area contributed by atoms with Crippen LogP contribution in [0.1, 0.15) is 16.7 Å². The maximum Gasteiger partial charge on any atom is 0.0392 e. The van der Waals surface area contributed by atoms with E-state index in [0.29, 0.717) is 0 Å². The van der Waals surface area contributed by atoms with Crippen LogP contribution in [0.5, 0.6) is 0 Å². The van der Waals surface area contributed by atoms with E-state index in [1.807, 2.05) is 0 Å². The van der Waals surface area contributed by atoms with Crippen LogP contribution in [0.4, 0.5) is 5.69 Å². The Morgan fingerprint density at radius 1 is 1.19 bits per heavy atom. The molecule has 0 saturated carbocycles. The van der Waals surface area contributed by atoms with Crippen molar-refractivity contribution in [2.75, 3.05) is 31.9 Å². The number of aryl methyl sites for hydroxylation is 2. The maximum atomic E-state index is 6.16. The normalized spacial score (nSPS) is 17.6. The van der Waals surface area contributed by atoms with E-state index in [9.17, 15) is 0 Å². The Morgan fingerprint density at radius 2 is 1.81 bits per heavy atom. The van der Waals surface area contributed by atoms with Crippen molar-refractivity contribution in [2.24, 2.45) is 0 Å². The molecule has 2 rings (SSSR count). The van der Waals surface area contributed by atoms with Crippen molar-refractivity contribution >= 4 is 5.69 Å². The second-order valence-corrected chi connectivity index (χ2v) is 4.62. The van der Waals surface area contributed by atoms with Crippen molar-refractivity contribution < 1.29 is 0 Å². The van der Waals surface area contributed by atoms with Crippen molar-refractivity contribution in [2.45, 2.75) is 20.4 Å². The highest BCUT2D eigenvalue weighted by Crippen LogP contribution is 2.22. The van der Waals surface area contributed by atoms with Gasteiger partial charge in [-0.05, 0) is 30.5 Å². The zero-order valence-corrected chi connectivity index (χ0v) is 10.2. The lowest BCUT2D eigenvalue weighted by molar-refractivity contribution is 0.233. The van der Waals surface area contributed by atoms with Crippen LogP contribution in [0.15, 0.2) is 12.1 Å². The Kier molecular flexibility index (Phi) is 3.46. The first kappa shape index (κ1) is 11.4. The van der Waals surface area contributed by atoms with Crippen LogP contribution in [0.2, 0.25) is 0 Å². The lowest BCUT2D eigenvalue weighted by Gasteiger charge is -2.28. The molecule has 88 valence electrons. The Morgan fingerprint density at radius 3 is 2.50 bits per heavy atom. The number of nitrogens with two attached hydrogens (primary N) is 1. The summed E-state index contributed by atoms with van der Waals surface area (Å²) in [6, 6.07) is 4.27. The number of nitrogens with zero attached hydrogens (tertiary/aromatic N) is 1. The maximum absolute atomic E-state index is 6.16. The van der Waals surface area contributed by atoms with E-state index in [1.165, 1.54) is 16.7 Å². The number of hydrogen-bond acceptors (Lipinski definition) is 3. The zero-order valence-electron chi connectivity index (χ0n) is 10.2. The molecular weight excluding hydrogens is 198 g/mol. The van der Waals surface area contributed by atoms with Gasteiger partial charge >= 0.3 is 0 Å². The van der Waals surface area contributed by atoms with Crippen molar-refractivity contribution in [3.8, 4) is 0 Å². The summed E-state index contributed by atoms with van der Waals surface area (Å²) in [5.41, 5.74) is 10.9. The standard InChI is InChI=1S/C13H21N3/c1-10-3-4-11(2)13(14)12(10)9-16-7-5-15-6-8-16/h3-4,15H,5-9,14H2,1-2H3. The third-order valence-electron chi connectivity index (χ3n) is 3.40. The fraction of sp³-hybridized carbons (Fsp3) is 0.538. The van der Waals surface area contributed by atoms with Crippen molar-refractivity contribution in [1.29, 1.82) is 0 Å². The average molecular weight is 219 g/mol. The first-order valence-corrected chi connectivity index (χ1v) is 5.96. The Bertz CT molecular complexity index is 368. The summed E-state index contributed by atoms with van der Waals surface area (Å²) >= 11 is 0. The number of nitrogen functional groups attached to an aromatic ring is 1. The molecular formula is C13H21N3. The second-order valence-electron chi connectivity index (χ2n) is 4.62. The predicted molar refractivity (Wildman–Crippen MR) is 68.5 cm³/mol. The molecule has 0 aromatic heterocycles. The SMILES string of the molecule is Cc1ccc(C)c(CN2CCNCC2)c1N. The van der Waals surface area contributed by atoms with E-state index in [2.05, 4.69) is 36.2 Å². The molecule has 0 amide bonds. The van der Waals surface area contributed by atoms with Gasteiger partial charge in [-0.1, -0.05) is 12.1 Å². The van der Waals surface area contributed by atoms with Gasteiger partial charge in [-0.2, -0.15) is 0 Å². The summed E-state index contributed by atoms with van der Waals surface area (Å²) in [5.74, 6) is 0. The van der Waals surface area contributed by atoms with Crippen LogP contribution in [-0.2, 0) is 6.54 Å². The molecule has 0 atom stereocenters. The highest BCUT2D eigenvalue weighted by atomic mass is 15.2. The summed E-state index contributed by atoms with van der Waals surface area (Å²) in [6.07, 6.45) is 0. The molecule has 16 heavy (non-hydrogen) atoms. The number of benzene rings is 1. The number of hydrogen-bond donors (Lipinski definition) is 2. The van der Waals surface area contributed by atoms with Crippen molar-refractivity contribution in [3.05, 3.63) is 28.8 Å². The number of anilines is 1. The van der Waals surface area contributed by atoms with Gasteiger partial charge in [0, 0.05) is 38.4 Å². The highest BCUT2D eigenvalue weighted by molar-refractivity contribution is 5.56. The number of nitrogens with one attached hydrogen (secondary N) is 1. The number of piperazine rings is 1. The van der Waals surface area contributed by atoms with E-state index >= 15 is 0 Å². The molecule has 1 aliphatic rings. The summed E-state index contributed by atoms with van der Waals surface area (Å²) in [5, 5.41) is 3.37. The zero-order chi connectivity index (χ0) is 11.5. The predicted octanol–water partition coefficient (Wildman–Crippen LogP) is 1.29. The Hall–Kier alpha value is -1.06. The van der Waals surface area contributed by atoms with Gasteiger partial charge in [0.05, 0.1) is 0 Å². The van der Waals surface area contributed by atoms with Crippen molar-refractivity contribution in [1.82, 2.24) is 10.2 Å². The first-order valence-electron chi connectivity index (χ1n) is 5.96. The molecule has 1 aliphatic heterocycles. The molecule has 3 nitrogen and oxygen atoms in total. The van der Waals surface area contributed by atoms with Crippen LogP contribution in [0.25, 0.3) is 0 Å². The first-order chi connectivity index (χ1) is 7.68. The lowest BCUT2D eigenvalue weighted by atomic mass is 10.0. The van der Waals surface area contributed by atoms with Crippen LogP contribution in [0.3, 0.4) is 0 Å². The second kappa shape index (κ2) is 4.85. The Balaban J connectivity index is 2.16. The van der Waals surface area contributed by atoms with Gasteiger partial charge in [-0.15, -0.1) is 0 Å². The van der Waals surface area contributed by atoms with E-state index in [0.717, 1.165) is 38.4 Å². The quantitative estimate of drug-likeness (QED) is 0.737. The number of rotatable bonds is 2. The van der Waals surface area contributed by atoms with Gasteiger partial charge in [0.1, 0.15) is 0 Å². The largest absolute Gasteiger partial charge is 0.398 e. The molecule has 0 aliphatic carbocycles. The molecule has 0 bridgehead atoms. The van der Waals surface area contributed by atoms with Crippen LogP contribution in [0, 0.1) is 13.8 Å². The summed E-state index contributed by atoms with van der Waals surface area (Å²) in [7, 11) is 0. The average Bonchev–Trinajstić information content (AvgIpc) is 2.31. The molecule has 1 aromatic rings. The molecule has 3 N–H and O–H groups in total. The smallest absolute Gasteiger partial charge is 0.0392 e. The summed E-state index contributed by atoms with van der Waals surface area (Å²) in [6.45, 7) is 9.62. The highest BCUT2D eigenvalue weighted by Gasteiger charge is 2.13. The topological polar surface area (TPSA) is 41.3 Å². The van der Waals surface area contributed by atoms with Crippen molar-refractivity contribution in [3.63, 3.8) is 0 Å². The van der Waals surface area contributed by atoms with Gasteiger partial charge < -0.3 is 11.1 Å². The van der Waals surface area contributed by atoms with E-state index in [-0.39, 0.29) is 0 Å². The minimum absolute atomic E-state index is 0.971. The monoisotopic (exact) mass is 219 g/mol. The van der Waals surface area contributed by atoms with Gasteiger partial charge in [0.15, 0.2) is 0 Å². The fourth-order valence-corrected chi connectivity index (χ4v) is 2.19. The van der Waals surface area contributed by atoms with E-state index in [1.54, 1.807) is 0 Å². The van der Waals surface area contributed by atoms with Gasteiger partial charge in [-0.25, -0.2) is 0 Å². The molecule has 0 unspecified atom stereocenters. The molecule has 1 saturated heterocycles. The minimum atomic E-state index is 0.971. The third-order valence-corrected chi connectivity index (χ3v) is 3.40. The summed E-state index contributed by atoms with van der Waals surface area (Å²) < 4.78 is 0. The molecule has 1 heterocycles. The van der Waals surface area contributed by atoms with Gasteiger partial charge in [0.25, 0.3) is 0 Å². The van der Waals surface area contributed by atoms with Crippen LogP contribution >= 0.6 is 0 Å². The van der Waals surface area contributed by atoms with Crippen LogP contribution < -0.4 is 11.1 Å². The molecule has 1 fully saturated rings. The fourth-order valence-electron chi connectivity index (χ4n) is 2.19. The van der Waals surface area contributed by atoms with Crippen LogP contribution in [-0.4, -0.2) is 31.1 Å². The third kappa shape index (κ3) is 2.36. The lowest BCUT2D eigenvalue weighted by Crippen LogP contribution is -2.43. The van der Waals surface area contributed by atoms with E-state index < -0.39 is 0 Å². The minimum Gasteiger partial charge on any atom is -0.398 e. The molecule has 0 spiro atoms. The molecule has 3 heteroatoms. The van der Waals surface area contributed by atoms with Gasteiger partial charge in [0.2, 0.25) is 0 Å². The van der Waals surface area contributed by atoms with E-state index in [4.69, 9.17) is 5.73 Å². The summed E-state index contributed by atoms with van der Waals surface area (Å²) in [4.78, 5) is 2.47.